The smallest absolute Gasteiger partial charge is 0.242 e. The molecule has 24 heavy (non-hydrogen) atoms. The molecule has 1 aliphatic heterocycles. The van der Waals surface area contributed by atoms with Gasteiger partial charge in [0.05, 0.1) is 5.54 Å². The average Bonchev–Trinajstić information content (AvgIpc) is 2.50. The topological polar surface area (TPSA) is 55.6 Å². The molecule has 1 heterocycles. The van der Waals surface area contributed by atoms with Gasteiger partial charge < -0.3 is 15.4 Å². The number of piperidine rings is 1. The molecule has 0 aliphatic carbocycles. The fourth-order valence-electron chi connectivity index (χ4n) is 2.91. The Labute approximate surface area is 147 Å². The summed E-state index contributed by atoms with van der Waals surface area (Å²) in [6, 6.07) is 3.26. The van der Waals surface area contributed by atoms with Gasteiger partial charge in [0.2, 0.25) is 5.91 Å². The second-order valence-electron chi connectivity index (χ2n) is 6.35. The summed E-state index contributed by atoms with van der Waals surface area (Å²) < 4.78 is 32.1. The van der Waals surface area contributed by atoms with Gasteiger partial charge in [-0.25, -0.2) is 8.78 Å². The zero-order chi connectivity index (χ0) is 17.0. The van der Waals surface area contributed by atoms with Crippen LogP contribution in [0.4, 0.5) is 8.78 Å². The van der Waals surface area contributed by atoms with Crippen LogP contribution in [-0.2, 0) is 4.79 Å². The van der Waals surface area contributed by atoms with Crippen molar-refractivity contribution in [3.63, 3.8) is 0 Å². The summed E-state index contributed by atoms with van der Waals surface area (Å²) in [6.45, 7) is 4.82. The van der Waals surface area contributed by atoms with E-state index < -0.39 is 17.2 Å². The third kappa shape index (κ3) is 5.05. The molecule has 0 bridgehead atoms. The van der Waals surface area contributed by atoms with E-state index in [-0.39, 0.29) is 30.2 Å². The lowest BCUT2D eigenvalue weighted by atomic mass is 9.94. The van der Waals surface area contributed by atoms with Crippen molar-refractivity contribution in [2.24, 2.45) is 5.73 Å². The lowest BCUT2D eigenvalue weighted by Crippen LogP contribution is -2.55. The monoisotopic (exact) mass is 362 g/mol. The van der Waals surface area contributed by atoms with E-state index >= 15 is 0 Å². The maximum absolute atomic E-state index is 13.6. The van der Waals surface area contributed by atoms with Crippen molar-refractivity contribution in [1.82, 2.24) is 4.90 Å². The molecule has 4 nitrogen and oxygen atoms in total. The number of carbonyl (C=O) groups is 1. The predicted octanol–water partition coefficient (Wildman–Crippen LogP) is 3.27. The van der Waals surface area contributed by atoms with Gasteiger partial charge in [-0.3, -0.25) is 4.79 Å². The number of nitrogens with two attached hydrogens (primary N) is 1. The van der Waals surface area contributed by atoms with Gasteiger partial charge in [0.15, 0.2) is 11.6 Å². The van der Waals surface area contributed by atoms with Crippen LogP contribution in [0.1, 0.15) is 39.5 Å². The van der Waals surface area contributed by atoms with Gasteiger partial charge in [0.1, 0.15) is 11.9 Å². The quantitative estimate of drug-likeness (QED) is 0.874. The van der Waals surface area contributed by atoms with Crippen molar-refractivity contribution in [3.8, 4) is 5.75 Å². The Hall–Kier alpha value is -1.40. The molecule has 1 atom stereocenters. The van der Waals surface area contributed by atoms with Crippen molar-refractivity contribution in [3.05, 3.63) is 29.8 Å². The van der Waals surface area contributed by atoms with Crippen LogP contribution in [0.2, 0.25) is 0 Å². The second-order valence-corrected chi connectivity index (χ2v) is 6.35. The molecule has 1 unspecified atom stereocenters. The molecule has 1 aliphatic rings. The zero-order valence-corrected chi connectivity index (χ0v) is 14.9. The highest BCUT2D eigenvalue weighted by Crippen LogP contribution is 2.24. The molecular formula is C17H25ClF2N2O2. The first-order valence-electron chi connectivity index (χ1n) is 8.03. The minimum atomic E-state index is -0.842. The van der Waals surface area contributed by atoms with Crippen LogP contribution in [0, 0.1) is 11.6 Å². The number of hydrogen-bond acceptors (Lipinski definition) is 3. The lowest BCUT2D eigenvalue weighted by Gasteiger charge is -2.36. The first-order valence-corrected chi connectivity index (χ1v) is 8.03. The summed E-state index contributed by atoms with van der Waals surface area (Å²) in [4.78, 5) is 14.2. The van der Waals surface area contributed by atoms with Crippen LogP contribution in [0.5, 0.6) is 5.75 Å². The highest BCUT2D eigenvalue weighted by Gasteiger charge is 2.34. The van der Waals surface area contributed by atoms with Crippen LogP contribution in [0.3, 0.4) is 0 Å². The summed E-state index contributed by atoms with van der Waals surface area (Å²) in [6.07, 6.45) is 2.51. The van der Waals surface area contributed by atoms with Crippen LogP contribution >= 0.6 is 12.4 Å². The molecule has 1 saturated heterocycles. The molecule has 1 amide bonds. The molecule has 0 radical (unpaired) electrons. The Morgan fingerprint density at radius 1 is 1.38 bits per heavy atom. The number of benzene rings is 1. The summed E-state index contributed by atoms with van der Waals surface area (Å²) in [5.41, 5.74) is 5.24. The van der Waals surface area contributed by atoms with E-state index in [1.165, 1.54) is 12.1 Å². The minimum absolute atomic E-state index is 0. The summed E-state index contributed by atoms with van der Waals surface area (Å²) >= 11 is 0. The predicted molar refractivity (Wildman–Crippen MR) is 91.3 cm³/mol. The third-order valence-corrected chi connectivity index (χ3v) is 4.17. The van der Waals surface area contributed by atoms with Crippen molar-refractivity contribution < 1.29 is 18.3 Å². The van der Waals surface area contributed by atoms with Crippen LogP contribution in [-0.4, -0.2) is 35.5 Å². The van der Waals surface area contributed by atoms with E-state index in [1.807, 2.05) is 6.92 Å². The fraction of sp³-hybridized carbons (Fsp3) is 0.588. The molecule has 1 fully saturated rings. The number of likely N-dealkylation sites (tertiary alicyclic amines) is 1. The number of halogens is 3. The highest BCUT2D eigenvalue weighted by molar-refractivity contribution is 5.86. The van der Waals surface area contributed by atoms with E-state index in [9.17, 15) is 13.6 Å². The van der Waals surface area contributed by atoms with Gasteiger partial charge in [0.25, 0.3) is 0 Å². The van der Waals surface area contributed by atoms with E-state index in [2.05, 4.69) is 0 Å². The normalized spacial score (nSPS) is 17.8. The first kappa shape index (κ1) is 20.6. The van der Waals surface area contributed by atoms with Crippen molar-refractivity contribution in [1.29, 1.82) is 0 Å². The Balaban J connectivity index is 0.00000288. The molecule has 2 rings (SSSR count). The number of rotatable bonds is 5. The molecule has 1 aromatic rings. The van der Waals surface area contributed by atoms with Gasteiger partial charge in [-0.05, 0) is 25.5 Å². The van der Waals surface area contributed by atoms with E-state index in [0.29, 0.717) is 32.4 Å². The number of hydrogen-bond donors (Lipinski definition) is 1. The van der Waals surface area contributed by atoms with Gasteiger partial charge in [-0.2, -0.15) is 0 Å². The zero-order valence-electron chi connectivity index (χ0n) is 14.1. The number of ether oxygens (including phenoxy) is 1. The van der Waals surface area contributed by atoms with Gasteiger partial charge >= 0.3 is 0 Å². The Kier molecular flexibility index (Phi) is 7.42. The van der Waals surface area contributed by atoms with Crippen molar-refractivity contribution in [2.75, 3.05) is 13.1 Å². The maximum atomic E-state index is 13.6. The van der Waals surface area contributed by atoms with E-state index in [4.69, 9.17) is 10.5 Å². The van der Waals surface area contributed by atoms with Gasteiger partial charge in [0, 0.05) is 32.0 Å². The molecule has 136 valence electrons. The summed E-state index contributed by atoms with van der Waals surface area (Å²) in [7, 11) is 0. The first-order chi connectivity index (χ1) is 10.8. The molecular weight excluding hydrogens is 338 g/mol. The van der Waals surface area contributed by atoms with Crippen molar-refractivity contribution >= 4 is 18.3 Å². The Bertz CT molecular complexity index is 562. The van der Waals surface area contributed by atoms with Crippen LogP contribution in [0.25, 0.3) is 0 Å². The van der Waals surface area contributed by atoms with E-state index in [0.717, 1.165) is 12.5 Å². The van der Waals surface area contributed by atoms with Crippen LogP contribution < -0.4 is 10.5 Å². The molecule has 1 aromatic carbocycles. The number of nitrogens with zero attached hydrogens (tertiary/aromatic N) is 1. The summed E-state index contributed by atoms with van der Waals surface area (Å²) in [5.74, 6) is -1.34. The summed E-state index contributed by atoms with van der Waals surface area (Å²) in [5, 5.41) is 0. The van der Waals surface area contributed by atoms with Gasteiger partial charge in [-0.15, -0.1) is 12.4 Å². The fourth-order valence-corrected chi connectivity index (χ4v) is 2.91. The number of amides is 1. The minimum Gasteiger partial charge on any atom is -0.487 e. The van der Waals surface area contributed by atoms with E-state index in [1.54, 1.807) is 11.8 Å². The Morgan fingerprint density at radius 2 is 2.00 bits per heavy atom. The Morgan fingerprint density at radius 3 is 2.54 bits per heavy atom. The highest BCUT2D eigenvalue weighted by atomic mass is 35.5. The second kappa shape index (κ2) is 8.62. The molecule has 0 aromatic heterocycles. The average molecular weight is 363 g/mol. The standard InChI is InChI=1S/C17H24F2N2O2.ClH/c1-3-8-17(2,20)16(22)21-9-6-13(7-10-21)23-15-5-4-12(18)11-14(15)19;/h4-5,11,13H,3,6-10,20H2,1-2H3;1H. The maximum Gasteiger partial charge on any atom is 0.242 e. The van der Waals surface area contributed by atoms with Crippen LogP contribution in [0.15, 0.2) is 18.2 Å². The number of carbonyl (C=O) groups excluding carboxylic acids is 1. The van der Waals surface area contributed by atoms with Gasteiger partial charge in [-0.1, -0.05) is 13.3 Å². The molecule has 0 saturated carbocycles. The third-order valence-electron chi connectivity index (χ3n) is 4.17. The molecule has 2 N–H and O–H groups in total. The molecule has 7 heteroatoms. The molecule has 0 spiro atoms. The SMILES string of the molecule is CCCC(C)(N)C(=O)N1CCC(Oc2ccc(F)cc2F)CC1.Cl. The largest absolute Gasteiger partial charge is 0.487 e. The lowest BCUT2D eigenvalue weighted by molar-refractivity contribution is -0.138. The van der Waals surface area contributed by atoms with Crippen molar-refractivity contribution in [2.45, 2.75) is 51.2 Å².